The molecule has 1 aliphatic heterocycles. The van der Waals surface area contributed by atoms with Gasteiger partial charge in [0.15, 0.2) is 6.10 Å². The third-order valence-corrected chi connectivity index (χ3v) is 4.72. The molecule has 1 fully saturated rings. The summed E-state index contributed by atoms with van der Waals surface area (Å²) in [5, 5.41) is 0.583. The number of piperazine rings is 1. The molecule has 1 aromatic heterocycles. The molecule has 0 radical (unpaired) electrons. The predicted octanol–water partition coefficient (Wildman–Crippen LogP) is 3.87. The summed E-state index contributed by atoms with van der Waals surface area (Å²) >= 11 is 5.83. The fourth-order valence-corrected chi connectivity index (χ4v) is 3.05. The van der Waals surface area contributed by atoms with Gasteiger partial charge in [-0.05, 0) is 43.3 Å². The Balaban J connectivity index is 1.54. The SMILES string of the molecule is CC(Oc1ccc(Cl)cc1)C(=O)N1CCN(c2ccc(C(F)(F)F)cn2)CC1. The zero-order valence-electron chi connectivity index (χ0n) is 15.1. The Morgan fingerprint density at radius 1 is 1.11 bits per heavy atom. The van der Waals surface area contributed by atoms with Crippen molar-refractivity contribution in [3.63, 3.8) is 0 Å². The number of aromatic nitrogens is 1. The number of benzene rings is 1. The lowest BCUT2D eigenvalue weighted by atomic mass is 10.2. The first kappa shape index (κ1) is 20.3. The summed E-state index contributed by atoms with van der Waals surface area (Å²) in [4.78, 5) is 20.0. The lowest BCUT2D eigenvalue weighted by Gasteiger charge is -2.36. The Bertz CT molecular complexity index is 805. The third-order valence-electron chi connectivity index (χ3n) is 4.46. The highest BCUT2D eigenvalue weighted by molar-refractivity contribution is 6.30. The zero-order valence-corrected chi connectivity index (χ0v) is 15.9. The number of anilines is 1. The standard InChI is InChI=1S/C19H19ClF3N3O2/c1-13(28-16-5-3-15(20)4-6-16)18(27)26-10-8-25(9-11-26)17-7-2-14(12-24-17)19(21,22)23/h2-7,12-13H,8-11H2,1H3. The highest BCUT2D eigenvalue weighted by atomic mass is 35.5. The summed E-state index contributed by atoms with van der Waals surface area (Å²) in [6.45, 7) is 3.53. The summed E-state index contributed by atoms with van der Waals surface area (Å²) < 4.78 is 43.6. The second-order valence-electron chi connectivity index (χ2n) is 6.43. The van der Waals surface area contributed by atoms with E-state index >= 15 is 0 Å². The summed E-state index contributed by atoms with van der Waals surface area (Å²) in [5.74, 6) is 0.874. The molecule has 1 unspecified atom stereocenters. The number of rotatable bonds is 4. The number of nitrogens with zero attached hydrogens (tertiary/aromatic N) is 3. The fraction of sp³-hybridized carbons (Fsp3) is 0.368. The first-order chi connectivity index (χ1) is 13.2. The number of hydrogen-bond donors (Lipinski definition) is 0. The van der Waals surface area contributed by atoms with Crippen LogP contribution in [0.3, 0.4) is 0 Å². The van der Waals surface area contributed by atoms with Crippen molar-refractivity contribution < 1.29 is 22.7 Å². The molecule has 1 atom stereocenters. The maximum atomic E-state index is 12.6. The Labute approximate surface area is 165 Å². The number of carbonyl (C=O) groups is 1. The van der Waals surface area contributed by atoms with Crippen LogP contribution in [0.2, 0.25) is 5.02 Å². The number of hydrogen-bond acceptors (Lipinski definition) is 4. The molecule has 1 amide bonds. The molecule has 28 heavy (non-hydrogen) atoms. The van der Waals surface area contributed by atoms with Crippen molar-refractivity contribution in [2.24, 2.45) is 0 Å². The molecule has 1 aliphatic rings. The molecule has 0 aliphatic carbocycles. The average molecular weight is 414 g/mol. The molecule has 1 saturated heterocycles. The van der Waals surface area contributed by atoms with Gasteiger partial charge in [0.25, 0.3) is 5.91 Å². The van der Waals surface area contributed by atoms with Crippen LogP contribution in [0.4, 0.5) is 19.0 Å². The fourth-order valence-electron chi connectivity index (χ4n) is 2.92. The highest BCUT2D eigenvalue weighted by Crippen LogP contribution is 2.29. The quantitative estimate of drug-likeness (QED) is 0.763. The number of pyridine rings is 1. The van der Waals surface area contributed by atoms with Crippen LogP contribution in [0, 0.1) is 0 Å². The van der Waals surface area contributed by atoms with Crippen molar-refractivity contribution in [1.29, 1.82) is 0 Å². The van der Waals surface area contributed by atoms with Gasteiger partial charge < -0.3 is 14.5 Å². The Hall–Kier alpha value is -2.48. The van der Waals surface area contributed by atoms with Crippen molar-refractivity contribution in [1.82, 2.24) is 9.88 Å². The second-order valence-corrected chi connectivity index (χ2v) is 6.87. The van der Waals surface area contributed by atoms with Crippen LogP contribution < -0.4 is 9.64 Å². The molecular weight excluding hydrogens is 395 g/mol. The van der Waals surface area contributed by atoms with Crippen LogP contribution in [-0.2, 0) is 11.0 Å². The van der Waals surface area contributed by atoms with E-state index in [-0.39, 0.29) is 5.91 Å². The van der Waals surface area contributed by atoms with E-state index in [2.05, 4.69) is 4.98 Å². The molecule has 0 bridgehead atoms. The van der Waals surface area contributed by atoms with Crippen LogP contribution >= 0.6 is 11.6 Å². The van der Waals surface area contributed by atoms with Crippen molar-refractivity contribution >= 4 is 23.3 Å². The van der Waals surface area contributed by atoms with Gasteiger partial charge in [0, 0.05) is 37.4 Å². The zero-order chi connectivity index (χ0) is 20.3. The number of amides is 1. The van der Waals surface area contributed by atoms with Crippen molar-refractivity contribution in [2.45, 2.75) is 19.2 Å². The maximum Gasteiger partial charge on any atom is 0.417 e. The summed E-state index contributed by atoms with van der Waals surface area (Å²) in [6.07, 6.45) is -4.23. The third kappa shape index (κ3) is 4.86. The van der Waals surface area contributed by atoms with Crippen molar-refractivity contribution in [3.8, 4) is 5.75 Å². The molecule has 2 heterocycles. The Morgan fingerprint density at radius 2 is 1.75 bits per heavy atom. The van der Waals surface area contributed by atoms with E-state index < -0.39 is 17.8 Å². The van der Waals surface area contributed by atoms with Crippen LogP contribution in [-0.4, -0.2) is 48.1 Å². The number of alkyl halides is 3. The summed E-state index contributed by atoms with van der Waals surface area (Å²) in [5.41, 5.74) is -0.779. The molecule has 5 nitrogen and oxygen atoms in total. The predicted molar refractivity (Wildman–Crippen MR) is 99.6 cm³/mol. The van der Waals surface area contributed by atoms with Crippen molar-refractivity contribution in [3.05, 3.63) is 53.2 Å². The van der Waals surface area contributed by atoms with E-state index in [1.807, 2.05) is 4.90 Å². The van der Waals surface area contributed by atoms with Gasteiger partial charge in [-0.15, -0.1) is 0 Å². The van der Waals surface area contributed by atoms with Gasteiger partial charge >= 0.3 is 6.18 Å². The lowest BCUT2D eigenvalue weighted by molar-refractivity contribution is -0.138. The van der Waals surface area contributed by atoms with Gasteiger partial charge in [-0.1, -0.05) is 11.6 Å². The van der Waals surface area contributed by atoms with Gasteiger partial charge in [-0.3, -0.25) is 4.79 Å². The molecule has 150 valence electrons. The smallest absolute Gasteiger partial charge is 0.417 e. The minimum absolute atomic E-state index is 0.144. The van der Waals surface area contributed by atoms with E-state index in [9.17, 15) is 18.0 Å². The minimum Gasteiger partial charge on any atom is -0.481 e. The van der Waals surface area contributed by atoms with Gasteiger partial charge in [-0.25, -0.2) is 4.98 Å². The molecule has 0 spiro atoms. The van der Waals surface area contributed by atoms with E-state index in [0.29, 0.717) is 42.8 Å². The number of halogens is 4. The second kappa shape index (κ2) is 8.26. The molecule has 0 saturated carbocycles. The first-order valence-electron chi connectivity index (χ1n) is 8.73. The van der Waals surface area contributed by atoms with Gasteiger partial charge in [0.1, 0.15) is 11.6 Å². The Morgan fingerprint density at radius 3 is 2.29 bits per heavy atom. The van der Waals surface area contributed by atoms with Crippen LogP contribution in [0.1, 0.15) is 12.5 Å². The van der Waals surface area contributed by atoms with E-state index in [0.717, 1.165) is 12.3 Å². The average Bonchev–Trinajstić information content (AvgIpc) is 2.69. The topological polar surface area (TPSA) is 45.7 Å². The lowest BCUT2D eigenvalue weighted by Crippen LogP contribution is -2.52. The molecule has 0 N–H and O–H groups in total. The molecule has 3 rings (SSSR count). The van der Waals surface area contributed by atoms with Crippen LogP contribution in [0.5, 0.6) is 5.75 Å². The normalized spacial score (nSPS) is 16.0. The number of ether oxygens (including phenoxy) is 1. The van der Waals surface area contributed by atoms with E-state index in [1.165, 1.54) is 6.07 Å². The van der Waals surface area contributed by atoms with Crippen molar-refractivity contribution in [2.75, 3.05) is 31.1 Å². The van der Waals surface area contributed by atoms with E-state index in [4.69, 9.17) is 16.3 Å². The summed E-state index contributed by atoms with van der Waals surface area (Å²) in [6, 6.07) is 9.13. The molecule has 1 aromatic carbocycles. The van der Waals surface area contributed by atoms with Gasteiger partial charge in [0.2, 0.25) is 0 Å². The number of carbonyl (C=O) groups excluding carboxylic acids is 1. The van der Waals surface area contributed by atoms with Gasteiger partial charge in [-0.2, -0.15) is 13.2 Å². The highest BCUT2D eigenvalue weighted by Gasteiger charge is 2.31. The molecule has 9 heteroatoms. The minimum atomic E-state index is -4.41. The van der Waals surface area contributed by atoms with E-state index in [1.54, 1.807) is 36.1 Å². The Kier molecular flexibility index (Phi) is 5.98. The molecular formula is C19H19ClF3N3O2. The largest absolute Gasteiger partial charge is 0.481 e. The first-order valence-corrected chi connectivity index (χ1v) is 9.11. The summed E-state index contributed by atoms with van der Waals surface area (Å²) in [7, 11) is 0. The van der Waals surface area contributed by atoms with Crippen LogP contribution in [0.25, 0.3) is 0 Å². The monoisotopic (exact) mass is 413 g/mol. The molecule has 2 aromatic rings. The van der Waals surface area contributed by atoms with Crippen LogP contribution in [0.15, 0.2) is 42.6 Å². The maximum absolute atomic E-state index is 12.6. The van der Waals surface area contributed by atoms with Gasteiger partial charge in [0.05, 0.1) is 5.56 Å².